The molecule has 8 heteroatoms. The minimum atomic E-state index is -3.52. The van der Waals surface area contributed by atoms with E-state index in [1.54, 1.807) is 6.21 Å². The van der Waals surface area contributed by atoms with Gasteiger partial charge in [0.15, 0.2) is 0 Å². The molecule has 1 saturated heterocycles. The van der Waals surface area contributed by atoms with Gasteiger partial charge in [-0.25, -0.2) is 13.8 Å². The van der Waals surface area contributed by atoms with E-state index in [0.717, 1.165) is 41.9 Å². The minimum Gasteiger partial charge on any atom is -0.318 e. The smallest absolute Gasteiger partial charge is 0.271 e. The molecule has 1 aliphatic heterocycles. The summed E-state index contributed by atoms with van der Waals surface area (Å²) in [5.74, 6) is -0.398. The third kappa shape index (κ3) is 4.91. The molecule has 0 bridgehead atoms. The lowest BCUT2D eigenvalue weighted by Gasteiger charge is -2.25. The van der Waals surface area contributed by atoms with Gasteiger partial charge in [-0.3, -0.25) is 4.79 Å². The molecule has 1 amide bonds. The molecule has 0 unspecified atom stereocenters. The minimum absolute atomic E-state index is 0.206. The molecule has 172 valence electrons. The summed E-state index contributed by atoms with van der Waals surface area (Å²) in [7, 11) is -3.52. The Morgan fingerprint density at radius 3 is 2.30 bits per heavy atom. The van der Waals surface area contributed by atoms with Crippen molar-refractivity contribution in [2.75, 3.05) is 13.1 Å². The van der Waals surface area contributed by atoms with E-state index in [9.17, 15) is 13.2 Å². The van der Waals surface area contributed by atoms with Crippen LogP contribution in [-0.4, -0.2) is 42.5 Å². The predicted molar refractivity (Wildman–Crippen MR) is 129 cm³/mol. The highest BCUT2D eigenvalue weighted by atomic mass is 32.2. The fourth-order valence-electron chi connectivity index (χ4n) is 4.15. The summed E-state index contributed by atoms with van der Waals surface area (Å²) >= 11 is 0. The fourth-order valence-corrected chi connectivity index (χ4v) is 5.67. The number of aryl methyl sites for hydroxylation is 1. The van der Waals surface area contributed by atoms with Gasteiger partial charge in [0.05, 0.1) is 11.1 Å². The summed E-state index contributed by atoms with van der Waals surface area (Å²) in [6.07, 6.45) is 4.44. The molecular formula is C25H28N4O3S. The lowest BCUT2D eigenvalue weighted by Crippen LogP contribution is -2.35. The predicted octanol–water partition coefficient (Wildman–Crippen LogP) is 4.03. The van der Waals surface area contributed by atoms with Crippen molar-refractivity contribution < 1.29 is 13.2 Å². The second-order valence-corrected chi connectivity index (χ2v) is 10.1. The number of nitrogens with zero attached hydrogens (tertiary/aromatic N) is 3. The SMILES string of the molecule is Cc1cc(/C=N\NC(=O)c2ccc(S(=O)(=O)N3CCCCC3)cc2)c(C)n1-c1ccccc1. The van der Waals surface area contributed by atoms with Crippen LogP contribution in [0.25, 0.3) is 5.69 Å². The number of carbonyl (C=O) groups excluding carboxylic acids is 1. The van der Waals surface area contributed by atoms with E-state index < -0.39 is 15.9 Å². The van der Waals surface area contributed by atoms with Crippen LogP contribution in [-0.2, 0) is 10.0 Å². The van der Waals surface area contributed by atoms with Crippen LogP contribution in [0.3, 0.4) is 0 Å². The highest BCUT2D eigenvalue weighted by Crippen LogP contribution is 2.21. The van der Waals surface area contributed by atoms with Crippen molar-refractivity contribution in [3.63, 3.8) is 0 Å². The van der Waals surface area contributed by atoms with Gasteiger partial charge in [0.25, 0.3) is 5.91 Å². The average Bonchev–Trinajstić information content (AvgIpc) is 3.13. The third-order valence-corrected chi connectivity index (χ3v) is 7.84. The van der Waals surface area contributed by atoms with Crippen molar-refractivity contribution in [3.05, 3.63) is 83.2 Å². The van der Waals surface area contributed by atoms with Crippen molar-refractivity contribution in [1.82, 2.24) is 14.3 Å². The van der Waals surface area contributed by atoms with Crippen LogP contribution in [0, 0.1) is 13.8 Å². The molecule has 1 aromatic heterocycles. The normalized spacial score (nSPS) is 15.1. The zero-order valence-corrected chi connectivity index (χ0v) is 19.7. The van der Waals surface area contributed by atoms with Crippen LogP contribution in [0.4, 0.5) is 0 Å². The fraction of sp³-hybridized carbons (Fsp3) is 0.280. The van der Waals surface area contributed by atoms with E-state index in [4.69, 9.17) is 0 Å². The molecule has 0 spiro atoms. The Morgan fingerprint density at radius 1 is 0.970 bits per heavy atom. The molecule has 1 aliphatic rings. The summed E-state index contributed by atoms with van der Waals surface area (Å²) in [5, 5.41) is 4.11. The maximum atomic E-state index is 12.8. The second kappa shape index (κ2) is 9.72. The van der Waals surface area contributed by atoms with Gasteiger partial charge in [-0.1, -0.05) is 24.6 Å². The number of hydrogen-bond donors (Lipinski definition) is 1. The molecule has 0 aliphatic carbocycles. The molecule has 2 heterocycles. The monoisotopic (exact) mass is 464 g/mol. The van der Waals surface area contributed by atoms with Crippen molar-refractivity contribution >= 4 is 22.1 Å². The van der Waals surface area contributed by atoms with Crippen molar-refractivity contribution in [2.45, 2.75) is 38.0 Å². The van der Waals surface area contributed by atoms with Crippen LogP contribution in [0.5, 0.6) is 0 Å². The van der Waals surface area contributed by atoms with Crippen LogP contribution in [0.2, 0.25) is 0 Å². The topological polar surface area (TPSA) is 83.8 Å². The number of aromatic nitrogens is 1. The quantitative estimate of drug-likeness (QED) is 0.442. The Balaban J connectivity index is 1.43. The van der Waals surface area contributed by atoms with Gasteiger partial charge in [-0.2, -0.15) is 9.41 Å². The maximum Gasteiger partial charge on any atom is 0.271 e. The van der Waals surface area contributed by atoms with Crippen LogP contribution in [0.1, 0.15) is 46.6 Å². The number of para-hydroxylation sites is 1. The Kier molecular flexibility index (Phi) is 6.76. The van der Waals surface area contributed by atoms with Crippen LogP contribution in [0.15, 0.2) is 70.7 Å². The summed E-state index contributed by atoms with van der Waals surface area (Å²) in [4.78, 5) is 12.7. The van der Waals surface area contributed by atoms with Gasteiger partial charge in [0.1, 0.15) is 0 Å². The number of benzene rings is 2. The average molecular weight is 465 g/mol. The van der Waals surface area contributed by atoms with Crippen LogP contribution < -0.4 is 5.43 Å². The zero-order valence-electron chi connectivity index (χ0n) is 18.9. The molecule has 2 aromatic carbocycles. The molecule has 33 heavy (non-hydrogen) atoms. The lowest BCUT2D eigenvalue weighted by atomic mass is 10.2. The largest absolute Gasteiger partial charge is 0.318 e. The van der Waals surface area contributed by atoms with E-state index in [1.807, 2.05) is 50.2 Å². The van der Waals surface area contributed by atoms with E-state index in [2.05, 4.69) is 15.1 Å². The van der Waals surface area contributed by atoms with E-state index in [1.165, 1.54) is 28.6 Å². The number of hydrogen-bond acceptors (Lipinski definition) is 4. The number of nitrogens with one attached hydrogen (secondary N) is 1. The number of rotatable bonds is 6. The van der Waals surface area contributed by atoms with Gasteiger partial charge < -0.3 is 4.57 Å². The Morgan fingerprint density at radius 2 is 1.64 bits per heavy atom. The molecule has 0 atom stereocenters. The van der Waals surface area contributed by atoms with Gasteiger partial charge in [-0.15, -0.1) is 0 Å². The second-order valence-electron chi connectivity index (χ2n) is 8.19. The summed E-state index contributed by atoms with van der Waals surface area (Å²) in [6.45, 7) is 5.12. The number of hydrazone groups is 1. The van der Waals surface area contributed by atoms with Gasteiger partial charge in [0, 0.05) is 41.3 Å². The Labute approximate surface area is 194 Å². The van der Waals surface area contributed by atoms with Gasteiger partial charge in [0.2, 0.25) is 10.0 Å². The van der Waals surface area contributed by atoms with E-state index >= 15 is 0 Å². The summed E-state index contributed by atoms with van der Waals surface area (Å²) < 4.78 is 29.2. The molecule has 0 saturated carbocycles. The number of piperidine rings is 1. The Bertz CT molecular complexity index is 1260. The Hall–Kier alpha value is -3.23. The molecule has 1 N–H and O–H groups in total. The number of sulfonamides is 1. The maximum absolute atomic E-state index is 12.8. The molecule has 0 radical (unpaired) electrons. The number of carbonyl (C=O) groups is 1. The highest BCUT2D eigenvalue weighted by Gasteiger charge is 2.25. The standard InChI is InChI=1S/C25H28N4O3S/c1-19-17-22(20(2)29(19)23-9-5-3-6-10-23)18-26-27-25(30)21-11-13-24(14-12-21)33(31,32)28-15-7-4-8-16-28/h3,5-6,9-14,17-18H,4,7-8,15-16H2,1-2H3,(H,27,30)/b26-18-. The van der Waals surface area contributed by atoms with Gasteiger partial charge in [-0.05, 0) is 69.2 Å². The summed E-state index contributed by atoms with van der Waals surface area (Å²) in [5.41, 5.74) is 6.93. The first-order valence-electron chi connectivity index (χ1n) is 11.1. The van der Waals surface area contributed by atoms with Gasteiger partial charge >= 0.3 is 0 Å². The molecule has 3 aromatic rings. The lowest BCUT2D eigenvalue weighted by molar-refractivity contribution is 0.0955. The van der Waals surface area contributed by atoms with Crippen molar-refractivity contribution in [2.24, 2.45) is 5.10 Å². The number of amides is 1. The first-order valence-corrected chi connectivity index (χ1v) is 12.5. The molecule has 4 rings (SSSR count). The zero-order chi connectivity index (χ0) is 23.4. The first-order chi connectivity index (χ1) is 15.9. The van der Waals surface area contributed by atoms with Crippen LogP contribution >= 0.6 is 0 Å². The molecular weight excluding hydrogens is 436 g/mol. The molecule has 1 fully saturated rings. The third-order valence-electron chi connectivity index (χ3n) is 5.92. The first kappa shape index (κ1) is 22.9. The highest BCUT2D eigenvalue weighted by molar-refractivity contribution is 7.89. The molecule has 7 nitrogen and oxygen atoms in total. The van der Waals surface area contributed by atoms with E-state index in [-0.39, 0.29) is 4.90 Å². The summed E-state index contributed by atoms with van der Waals surface area (Å²) in [6, 6.07) is 18.0. The van der Waals surface area contributed by atoms with Crippen molar-refractivity contribution in [3.8, 4) is 5.69 Å². The van der Waals surface area contributed by atoms with Crippen molar-refractivity contribution in [1.29, 1.82) is 0 Å². The van der Waals surface area contributed by atoms with E-state index in [0.29, 0.717) is 18.7 Å².